The zero-order valence-corrected chi connectivity index (χ0v) is 9.57. The Morgan fingerprint density at radius 2 is 2.06 bits per heavy atom. The van der Waals surface area contributed by atoms with Crippen LogP contribution in [0, 0.1) is 10.1 Å². The molecule has 0 amide bonds. The number of nitrogens with two attached hydrogens (primary N) is 1. The molecule has 3 N–H and O–H groups in total. The van der Waals surface area contributed by atoms with Crippen molar-refractivity contribution in [1.82, 2.24) is 0 Å². The number of ether oxygens (including phenoxy) is 1. The van der Waals surface area contributed by atoms with Gasteiger partial charge in [0.15, 0.2) is 0 Å². The Morgan fingerprint density at radius 1 is 1.47 bits per heavy atom. The van der Waals surface area contributed by atoms with E-state index >= 15 is 0 Å². The smallest absolute Gasteiger partial charge is 0.269 e. The molecule has 0 radical (unpaired) electrons. The SMILES string of the molecule is COCC(N)CC(O)c1ccc([N+](=O)[O-])cc1. The summed E-state index contributed by atoms with van der Waals surface area (Å²) in [5.41, 5.74) is 6.32. The molecular formula is C11H16N2O4. The molecule has 17 heavy (non-hydrogen) atoms. The second-order valence-corrected chi connectivity index (χ2v) is 3.82. The lowest BCUT2D eigenvalue weighted by atomic mass is 10.0. The number of hydrogen-bond acceptors (Lipinski definition) is 5. The molecule has 1 rings (SSSR count). The van der Waals surface area contributed by atoms with Crippen LogP contribution >= 0.6 is 0 Å². The van der Waals surface area contributed by atoms with Crippen molar-refractivity contribution in [3.8, 4) is 0 Å². The predicted molar refractivity (Wildman–Crippen MR) is 62.5 cm³/mol. The van der Waals surface area contributed by atoms with Gasteiger partial charge in [-0.1, -0.05) is 0 Å². The van der Waals surface area contributed by atoms with E-state index in [9.17, 15) is 15.2 Å². The molecule has 1 aromatic rings. The first-order chi connectivity index (χ1) is 8.04. The summed E-state index contributed by atoms with van der Waals surface area (Å²) in [6.07, 6.45) is -0.382. The summed E-state index contributed by atoms with van der Waals surface area (Å²) in [6.45, 7) is 0.365. The Morgan fingerprint density at radius 3 is 2.53 bits per heavy atom. The lowest BCUT2D eigenvalue weighted by Gasteiger charge is -2.15. The molecule has 2 unspecified atom stereocenters. The van der Waals surface area contributed by atoms with E-state index in [-0.39, 0.29) is 11.7 Å². The molecular weight excluding hydrogens is 224 g/mol. The van der Waals surface area contributed by atoms with Crippen LogP contribution in [0.25, 0.3) is 0 Å². The monoisotopic (exact) mass is 240 g/mol. The largest absolute Gasteiger partial charge is 0.388 e. The van der Waals surface area contributed by atoms with Gasteiger partial charge in [0.1, 0.15) is 0 Å². The van der Waals surface area contributed by atoms with Crippen LogP contribution in [0.15, 0.2) is 24.3 Å². The Kier molecular flexibility index (Phi) is 5.02. The zero-order valence-electron chi connectivity index (χ0n) is 9.57. The van der Waals surface area contributed by atoms with E-state index < -0.39 is 11.0 Å². The summed E-state index contributed by atoms with van der Waals surface area (Å²) in [4.78, 5) is 9.97. The van der Waals surface area contributed by atoms with Gasteiger partial charge in [0.25, 0.3) is 5.69 Å². The number of nitro benzene ring substituents is 1. The third kappa shape index (κ3) is 4.10. The molecule has 94 valence electrons. The van der Waals surface area contributed by atoms with Crippen LogP contribution in [0.5, 0.6) is 0 Å². The molecule has 2 atom stereocenters. The van der Waals surface area contributed by atoms with Crippen LogP contribution in [0.1, 0.15) is 18.1 Å². The first-order valence-electron chi connectivity index (χ1n) is 5.21. The fraction of sp³-hybridized carbons (Fsp3) is 0.455. The molecule has 0 saturated heterocycles. The lowest BCUT2D eigenvalue weighted by molar-refractivity contribution is -0.384. The van der Waals surface area contributed by atoms with Gasteiger partial charge < -0.3 is 15.6 Å². The number of nitro groups is 1. The van der Waals surface area contributed by atoms with Gasteiger partial charge in [-0.05, 0) is 24.1 Å². The van der Waals surface area contributed by atoms with Crippen molar-refractivity contribution in [2.75, 3.05) is 13.7 Å². The Labute approximate surface area is 99.2 Å². The molecule has 6 heteroatoms. The molecule has 0 bridgehead atoms. The van der Waals surface area contributed by atoms with Crippen molar-refractivity contribution in [2.24, 2.45) is 5.73 Å². The van der Waals surface area contributed by atoms with Crippen LogP contribution in [-0.2, 0) is 4.74 Å². The number of benzene rings is 1. The number of methoxy groups -OCH3 is 1. The topological polar surface area (TPSA) is 98.6 Å². The summed E-state index contributed by atoms with van der Waals surface area (Å²) >= 11 is 0. The van der Waals surface area contributed by atoms with Gasteiger partial charge in [-0.15, -0.1) is 0 Å². The van der Waals surface area contributed by atoms with Crippen LogP contribution in [0.2, 0.25) is 0 Å². The van der Waals surface area contributed by atoms with E-state index in [0.717, 1.165) is 0 Å². The summed E-state index contributed by atoms with van der Waals surface area (Å²) in [6, 6.07) is 5.52. The molecule has 1 aromatic carbocycles. The molecule has 0 saturated carbocycles. The highest BCUT2D eigenvalue weighted by Crippen LogP contribution is 2.20. The second kappa shape index (κ2) is 6.29. The van der Waals surface area contributed by atoms with Crippen molar-refractivity contribution >= 4 is 5.69 Å². The Balaban J connectivity index is 2.63. The number of aliphatic hydroxyl groups excluding tert-OH is 1. The van der Waals surface area contributed by atoms with Crippen molar-refractivity contribution in [2.45, 2.75) is 18.6 Å². The number of non-ortho nitro benzene ring substituents is 1. The quantitative estimate of drug-likeness (QED) is 0.570. The molecule has 6 nitrogen and oxygen atoms in total. The Hall–Kier alpha value is -1.50. The second-order valence-electron chi connectivity index (χ2n) is 3.82. The van der Waals surface area contributed by atoms with E-state index in [4.69, 9.17) is 10.5 Å². The summed E-state index contributed by atoms with van der Waals surface area (Å²) < 4.78 is 4.87. The number of hydrogen-bond donors (Lipinski definition) is 2. The van der Waals surface area contributed by atoms with Gasteiger partial charge in [-0.25, -0.2) is 0 Å². The van der Waals surface area contributed by atoms with E-state index in [1.165, 1.54) is 31.4 Å². The Bertz CT molecular complexity index is 366. The molecule has 0 heterocycles. The highest BCUT2D eigenvalue weighted by molar-refractivity contribution is 5.33. The maximum Gasteiger partial charge on any atom is 0.269 e. The van der Waals surface area contributed by atoms with Crippen LogP contribution in [-0.4, -0.2) is 29.8 Å². The minimum Gasteiger partial charge on any atom is -0.388 e. The molecule has 0 fully saturated rings. The van der Waals surface area contributed by atoms with E-state index in [1.807, 2.05) is 0 Å². The first kappa shape index (κ1) is 13.6. The highest BCUT2D eigenvalue weighted by atomic mass is 16.6. The van der Waals surface area contributed by atoms with E-state index in [0.29, 0.717) is 18.6 Å². The minimum absolute atomic E-state index is 0.00198. The fourth-order valence-electron chi connectivity index (χ4n) is 1.52. The summed E-state index contributed by atoms with van der Waals surface area (Å²) in [5, 5.41) is 20.3. The van der Waals surface area contributed by atoms with Gasteiger partial charge in [-0.2, -0.15) is 0 Å². The van der Waals surface area contributed by atoms with Crippen LogP contribution in [0.4, 0.5) is 5.69 Å². The normalized spacial score (nSPS) is 14.3. The molecule has 0 aliphatic heterocycles. The molecule has 0 aromatic heterocycles. The predicted octanol–water partition coefficient (Wildman–Crippen LogP) is 0.992. The third-order valence-electron chi connectivity index (χ3n) is 2.40. The van der Waals surface area contributed by atoms with Gasteiger partial charge in [0.05, 0.1) is 17.6 Å². The van der Waals surface area contributed by atoms with E-state index in [1.54, 1.807) is 0 Å². The van der Waals surface area contributed by atoms with Crippen LogP contribution in [0.3, 0.4) is 0 Å². The molecule has 0 aliphatic carbocycles. The lowest BCUT2D eigenvalue weighted by Crippen LogP contribution is -2.27. The maximum atomic E-state index is 10.5. The van der Waals surface area contributed by atoms with Crippen LogP contribution < -0.4 is 5.73 Å². The first-order valence-corrected chi connectivity index (χ1v) is 5.21. The van der Waals surface area contributed by atoms with E-state index in [2.05, 4.69) is 0 Å². The van der Waals surface area contributed by atoms with Gasteiger partial charge >= 0.3 is 0 Å². The standard InChI is InChI=1S/C11H16N2O4/c1-17-7-9(12)6-11(14)8-2-4-10(5-3-8)13(15)16/h2-5,9,11,14H,6-7,12H2,1H3. The third-order valence-corrected chi connectivity index (χ3v) is 2.40. The van der Waals surface area contributed by atoms with Crippen molar-refractivity contribution in [1.29, 1.82) is 0 Å². The van der Waals surface area contributed by atoms with Gasteiger partial charge in [0, 0.05) is 25.3 Å². The summed E-state index contributed by atoms with van der Waals surface area (Å²) in [5.74, 6) is 0. The van der Waals surface area contributed by atoms with Crippen molar-refractivity contribution in [3.05, 3.63) is 39.9 Å². The minimum atomic E-state index is -0.735. The van der Waals surface area contributed by atoms with Crippen molar-refractivity contribution < 1.29 is 14.8 Å². The van der Waals surface area contributed by atoms with Gasteiger partial charge in [0.2, 0.25) is 0 Å². The average Bonchev–Trinajstić information content (AvgIpc) is 2.29. The fourth-order valence-corrected chi connectivity index (χ4v) is 1.52. The number of nitrogens with zero attached hydrogens (tertiary/aromatic N) is 1. The highest BCUT2D eigenvalue weighted by Gasteiger charge is 2.14. The summed E-state index contributed by atoms with van der Waals surface area (Å²) in [7, 11) is 1.54. The number of rotatable bonds is 6. The number of aliphatic hydroxyl groups is 1. The molecule has 0 aliphatic rings. The zero-order chi connectivity index (χ0) is 12.8. The van der Waals surface area contributed by atoms with Gasteiger partial charge in [-0.3, -0.25) is 10.1 Å². The maximum absolute atomic E-state index is 10.5. The molecule has 0 spiro atoms. The van der Waals surface area contributed by atoms with Crippen molar-refractivity contribution in [3.63, 3.8) is 0 Å². The average molecular weight is 240 g/mol.